The summed E-state index contributed by atoms with van der Waals surface area (Å²) in [5.41, 5.74) is 0. The van der Waals surface area contributed by atoms with Crippen LogP contribution in [0, 0.1) is 5.89 Å². The van der Waals surface area contributed by atoms with Gasteiger partial charge in [-0.1, -0.05) is 0 Å². The molecule has 2 fully saturated rings. The van der Waals surface area contributed by atoms with E-state index < -0.39 is 18.2 Å². The Morgan fingerprint density at radius 1 is 1.56 bits per heavy atom. The lowest BCUT2D eigenvalue weighted by Crippen LogP contribution is -2.18. The molecule has 9 heavy (non-hydrogen) atoms. The molecule has 2 heterocycles. The van der Waals surface area contributed by atoms with E-state index in [9.17, 15) is 5.11 Å². The Balaban J connectivity index is 2.41. The van der Waals surface area contributed by atoms with E-state index in [1.165, 1.54) is 0 Å². The van der Waals surface area contributed by atoms with Crippen LogP contribution < -0.4 is 0 Å². The van der Waals surface area contributed by atoms with Gasteiger partial charge in [0.15, 0.2) is 6.27 Å². The SMILES string of the molecule is [2H][C@]12OCC[C@@]1([2H])[C@@]([2H])(O)CO2. The summed E-state index contributed by atoms with van der Waals surface area (Å²) in [6.07, 6.45) is -3.70. The maximum Gasteiger partial charge on any atom is 0.163 e. The van der Waals surface area contributed by atoms with Crippen LogP contribution >= 0.6 is 0 Å². The van der Waals surface area contributed by atoms with Crippen LogP contribution in [0.2, 0.25) is 0 Å². The minimum absolute atomic E-state index is 0.163. The Hall–Kier alpha value is -0.120. The Bertz CT molecular complexity index is 222. The molecule has 0 radical (unpaired) electrons. The van der Waals surface area contributed by atoms with Crippen LogP contribution in [-0.2, 0) is 9.47 Å². The molecule has 2 aliphatic rings. The zero-order valence-corrected chi connectivity index (χ0v) is 4.89. The second kappa shape index (κ2) is 1.94. The first-order valence-corrected chi connectivity index (χ1v) is 2.92. The second-order valence-corrected chi connectivity index (χ2v) is 2.10. The van der Waals surface area contributed by atoms with Gasteiger partial charge in [0, 0.05) is 7.26 Å². The molecule has 0 spiro atoms. The summed E-state index contributed by atoms with van der Waals surface area (Å²) in [4.78, 5) is 0. The van der Waals surface area contributed by atoms with Gasteiger partial charge in [-0.05, 0) is 6.42 Å². The molecule has 0 amide bonds. The van der Waals surface area contributed by atoms with Gasteiger partial charge >= 0.3 is 0 Å². The molecule has 3 heteroatoms. The molecule has 0 aromatic heterocycles. The van der Waals surface area contributed by atoms with Crippen molar-refractivity contribution in [1.82, 2.24) is 0 Å². The van der Waals surface area contributed by atoms with E-state index >= 15 is 0 Å². The van der Waals surface area contributed by atoms with Crippen LogP contribution in [-0.4, -0.2) is 30.7 Å². The van der Waals surface area contributed by atoms with Crippen molar-refractivity contribution in [3.63, 3.8) is 0 Å². The molecular weight excluding hydrogens is 120 g/mol. The molecule has 2 rings (SSSR count). The molecule has 0 aromatic rings. The molecule has 0 unspecified atom stereocenters. The zero-order chi connectivity index (χ0) is 9.04. The number of ether oxygens (including phenoxy) is 2. The highest BCUT2D eigenvalue weighted by molar-refractivity contribution is 4.81. The highest BCUT2D eigenvalue weighted by Gasteiger charge is 2.40. The van der Waals surface area contributed by atoms with Crippen molar-refractivity contribution >= 4 is 0 Å². The standard InChI is InChI=1S/C6H10O3/c7-5-3-9-6-4(5)1-2-8-6/h4-7H,1-3H2/t4-,5-,6+/m0/s1/i4D,5D,6D. The smallest absolute Gasteiger partial charge is 0.163 e. The first-order chi connectivity index (χ1) is 5.41. The molecule has 3 atom stereocenters. The highest BCUT2D eigenvalue weighted by Crippen LogP contribution is 2.30. The largest absolute Gasteiger partial charge is 0.390 e. The summed E-state index contributed by atoms with van der Waals surface area (Å²) >= 11 is 0. The average molecular weight is 133 g/mol. The average Bonchev–Trinajstić information content (AvgIpc) is 2.34. The van der Waals surface area contributed by atoms with E-state index in [0.29, 0.717) is 0 Å². The van der Waals surface area contributed by atoms with Gasteiger partial charge in [0.05, 0.1) is 22.0 Å². The molecule has 0 aliphatic carbocycles. The monoisotopic (exact) mass is 133 g/mol. The van der Waals surface area contributed by atoms with Crippen molar-refractivity contribution in [3.8, 4) is 0 Å². The van der Waals surface area contributed by atoms with Crippen LogP contribution in [0.4, 0.5) is 0 Å². The summed E-state index contributed by atoms with van der Waals surface area (Å²) in [5, 5.41) is 9.44. The van der Waals surface area contributed by atoms with Gasteiger partial charge in [-0.3, -0.25) is 0 Å². The molecular formula is C6H10O3. The number of hydrogen-bond acceptors (Lipinski definition) is 3. The number of hydrogen-bond donors (Lipinski definition) is 1. The van der Waals surface area contributed by atoms with Crippen molar-refractivity contribution in [2.45, 2.75) is 18.8 Å². The normalized spacial score (nSPS) is 79.0. The van der Waals surface area contributed by atoms with Gasteiger partial charge in [0.2, 0.25) is 0 Å². The van der Waals surface area contributed by atoms with Crippen molar-refractivity contribution in [3.05, 3.63) is 0 Å². The molecule has 3 nitrogen and oxygen atoms in total. The third-order valence-corrected chi connectivity index (χ3v) is 1.52. The predicted molar refractivity (Wildman–Crippen MR) is 29.8 cm³/mol. The Morgan fingerprint density at radius 2 is 2.44 bits per heavy atom. The van der Waals surface area contributed by atoms with Crippen LogP contribution in [0.1, 0.15) is 10.5 Å². The fourth-order valence-electron chi connectivity index (χ4n) is 1.05. The van der Waals surface area contributed by atoms with E-state index in [-0.39, 0.29) is 19.6 Å². The van der Waals surface area contributed by atoms with Gasteiger partial charge in [-0.2, -0.15) is 0 Å². The minimum atomic E-state index is -2.02. The third kappa shape index (κ3) is 0.764. The number of aliphatic hydroxyl groups is 1. The summed E-state index contributed by atoms with van der Waals surface area (Å²) < 4.78 is 32.3. The van der Waals surface area contributed by atoms with E-state index in [1.807, 2.05) is 0 Å². The fourth-order valence-corrected chi connectivity index (χ4v) is 1.05. The molecule has 0 bridgehead atoms. The van der Waals surface area contributed by atoms with Crippen molar-refractivity contribution in [1.29, 1.82) is 0 Å². The highest BCUT2D eigenvalue weighted by atomic mass is 16.7. The van der Waals surface area contributed by atoms with Crippen molar-refractivity contribution in [2.24, 2.45) is 5.89 Å². The van der Waals surface area contributed by atoms with E-state index in [0.717, 1.165) is 0 Å². The first kappa shape index (κ1) is 3.32. The lowest BCUT2D eigenvalue weighted by Gasteiger charge is -2.06. The first-order valence-electron chi connectivity index (χ1n) is 4.42. The second-order valence-electron chi connectivity index (χ2n) is 2.10. The van der Waals surface area contributed by atoms with Gasteiger partial charge in [0.25, 0.3) is 0 Å². The number of fused-ring (bicyclic) bond motifs is 1. The van der Waals surface area contributed by atoms with E-state index in [1.54, 1.807) is 0 Å². The fraction of sp³-hybridized carbons (Fsp3) is 1.00. The molecule has 2 saturated heterocycles. The molecule has 0 aromatic carbocycles. The maximum atomic E-state index is 9.44. The van der Waals surface area contributed by atoms with Gasteiger partial charge < -0.3 is 14.6 Å². The van der Waals surface area contributed by atoms with Crippen LogP contribution in [0.15, 0.2) is 0 Å². The molecule has 2 aliphatic heterocycles. The Kier molecular flexibility index (Phi) is 0.715. The van der Waals surface area contributed by atoms with Gasteiger partial charge in [0.1, 0.15) is 0 Å². The van der Waals surface area contributed by atoms with Crippen LogP contribution in [0.25, 0.3) is 0 Å². The maximum absolute atomic E-state index is 9.44. The summed E-state index contributed by atoms with van der Waals surface area (Å²) in [5.74, 6) is -1.67. The Labute approximate surface area is 57.8 Å². The van der Waals surface area contributed by atoms with Crippen molar-refractivity contribution < 1.29 is 18.7 Å². The lowest BCUT2D eigenvalue weighted by molar-refractivity contribution is -0.0907. The zero-order valence-electron chi connectivity index (χ0n) is 7.89. The minimum Gasteiger partial charge on any atom is -0.390 e. The number of rotatable bonds is 0. The topological polar surface area (TPSA) is 38.7 Å². The quantitative estimate of drug-likeness (QED) is 0.495. The van der Waals surface area contributed by atoms with E-state index in [4.69, 9.17) is 13.6 Å². The summed E-state index contributed by atoms with van der Waals surface area (Å²) in [6.45, 7) is -0.145. The third-order valence-electron chi connectivity index (χ3n) is 1.52. The summed E-state index contributed by atoms with van der Waals surface area (Å²) in [6, 6.07) is 0. The summed E-state index contributed by atoms with van der Waals surface area (Å²) in [7, 11) is 0. The van der Waals surface area contributed by atoms with Crippen molar-refractivity contribution in [2.75, 3.05) is 13.2 Å². The van der Waals surface area contributed by atoms with Crippen LogP contribution in [0.5, 0.6) is 0 Å². The van der Waals surface area contributed by atoms with E-state index in [2.05, 4.69) is 0 Å². The molecule has 1 N–H and O–H groups in total. The van der Waals surface area contributed by atoms with Gasteiger partial charge in [-0.25, -0.2) is 0 Å². The lowest BCUT2D eigenvalue weighted by atomic mass is 10.0. The predicted octanol–water partition coefficient (Wildman–Crippen LogP) is -0.260. The molecule has 0 saturated carbocycles. The van der Waals surface area contributed by atoms with Gasteiger partial charge in [-0.15, -0.1) is 0 Å². The van der Waals surface area contributed by atoms with Crippen LogP contribution in [0.3, 0.4) is 0 Å². The molecule has 52 valence electrons. The Morgan fingerprint density at radius 3 is 3.22 bits per heavy atom.